The summed E-state index contributed by atoms with van der Waals surface area (Å²) in [5, 5.41) is 44.0. The first-order valence-corrected chi connectivity index (χ1v) is 22.7. The molecule has 1 aliphatic rings. The highest BCUT2D eigenvalue weighted by Gasteiger charge is 2.41. The highest BCUT2D eigenvalue weighted by atomic mass is 16.4. The largest absolute Gasteiger partial charge is 0.481 e. The minimum absolute atomic E-state index is 0.0292. The van der Waals surface area contributed by atoms with Crippen LogP contribution in [0.2, 0.25) is 0 Å². The summed E-state index contributed by atoms with van der Waals surface area (Å²) in [5.74, 6) is -10.2. The number of nitrogens with two attached hydrogens (primary N) is 1. The van der Waals surface area contributed by atoms with E-state index < -0.39 is 127 Å². The molecule has 2 aromatic carbocycles. The summed E-state index contributed by atoms with van der Waals surface area (Å²) >= 11 is 0. The molecule has 68 heavy (non-hydrogen) atoms. The Morgan fingerprint density at radius 2 is 1.07 bits per heavy atom. The van der Waals surface area contributed by atoms with E-state index in [1.807, 2.05) is 13.8 Å². The summed E-state index contributed by atoms with van der Waals surface area (Å²) in [6, 6.07) is 6.43. The fraction of sp³-hybridized carbons (Fsp3) is 0.532. The summed E-state index contributed by atoms with van der Waals surface area (Å²) < 4.78 is 0. The lowest BCUT2D eigenvalue weighted by atomic mass is 10.0. The Balaban J connectivity index is 1.85. The summed E-state index contributed by atoms with van der Waals surface area (Å²) in [6.07, 6.45) is -1.44. The second-order valence-corrected chi connectivity index (χ2v) is 17.8. The number of aliphatic carboxylic acids is 3. The van der Waals surface area contributed by atoms with Gasteiger partial charge in [-0.05, 0) is 62.0 Å². The average Bonchev–Trinajstić information content (AvgIpc) is 3.77. The predicted octanol–water partition coefficient (Wildman–Crippen LogP) is 0.235. The van der Waals surface area contributed by atoms with Crippen LogP contribution in [-0.4, -0.2) is 134 Å². The molecule has 8 unspecified atom stereocenters. The number of benzene rings is 2. The molecule has 0 bridgehead atoms. The molecule has 21 heteroatoms. The number of hydrogen-bond acceptors (Lipinski definition) is 11. The Morgan fingerprint density at radius 1 is 0.588 bits per heavy atom. The van der Waals surface area contributed by atoms with Gasteiger partial charge in [-0.2, -0.15) is 0 Å². The molecule has 8 atom stereocenters. The number of carbonyl (C=O) groups excluding carboxylic acids is 7. The molecular formula is C47H66N8O13. The van der Waals surface area contributed by atoms with Crippen LogP contribution in [0.3, 0.4) is 0 Å². The first kappa shape index (κ1) is 55.4. The lowest BCUT2D eigenvalue weighted by Crippen LogP contribution is -2.60. The monoisotopic (exact) mass is 950 g/mol. The van der Waals surface area contributed by atoms with Gasteiger partial charge in [0.1, 0.15) is 42.3 Å². The van der Waals surface area contributed by atoms with Crippen molar-refractivity contribution in [3.63, 3.8) is 0 Å². The fourth-order valence-electron chi connectivity index (χ4n) is 7.61. The van der Waals surface area contributed by atoms with Gasteiger partial charge in [0.25, 0.3) is 0 Å². The molecule has 2 aromatic rings. The van der Waals surface area contributed by atoms with Gasteiger partial charge in [0.15, 0.2) is 0 Å². The van der Waals surface area contributed by atoms with Gasteiger partial charge in [-0.1, -0.05) is 88.4 Å². The van der Waals surface area contributed by atoms with Crippen LogP contribution < -0.4 is 37.6 Å². The van der Waals surface area contributed by atoms with Crippen molar-refractivity contribution < 1.29 is 63.3 Å². The highest BCUT2D eigenvalue weighted by molar-refractivity contribution is 5.98. The van der Waals surface area contributed by atoms with E-state index in [1.165, 1.54) is 6.92 Å². The van der Waals surface area contributed by atoms with Crippen molar-refractivity contribution in [2.45, 2.75) is 141 Å². The van der Waals surface area contributed by atoms with Crippen molar-refractivity contribution in [3.8, 4) is 0 Å². The van der Waals surface area contributed by atoms with Crippen LogP contribution in [0.5, 0.6) is 0 Å². The quantitative estimate of drug-likeness (QED) is 0.0574. The minimum Gasteiger partial charge on any atom is -0.481 e. The van der Waals surface area contributed by atoms with E-state index in [2.05, 4.69) is 31.9 Å². The molecule has 0 radical (unpaired) electrons. The lowest BCUT2D eigenvalue weighted by molar-refractivity contribution is -0.147. The van der Waals surface area contributed by atoms with E-state index in [0.29, 0.717) is 24.0 Å². The minimum atomic E-state index is -1.81. The molecule has 0 saturated carbocycles. The van der Waals surface area contributed by atoms with E-state index in [-0.39, 0.29) is 44.1 Å². The molecule has 21 nitrogen and oxygen atoms in total. The van der Waals surface area contributed by atoms with E-state index >= 15 is 0 Å². The van der Waals surface area contributed by atoms with Crippen LogP contribution in [0.25, 0.3) is 0 Å². The Hall–Kier alpha value is -6.90. The van der Waals surface area contributed by atoms with Gasteiger partial charge in [0, 0.05) is 25.8 Å². The Morgan fingerprint density at radius 3 is 1.57 bits per heavy atom. The van der Waals surface area contributed by atoms with Crippen LogP contribution in [0, 0.1) is 11.8 Å². The number of hydrogen-bond donors (Lipinski definition) is 10. The topological polar surface area (TPSA) is 333 Å². The second kappa shape index (κ2) is 27.0. The Bertz CT molecular complexity index is 2090. The SMILES string of the molecule is CC(C)CC(N)C(=O)NC(Cc1ccccc1)C(=O)NC(C)C(=O)NC(Cc1ccccc1)C(=O)NC(CCC(=O)O)C(=O)NC(CC(=O)O)C(=O)N1CCCC1C(=O)NC(CC(C)C)C(=O)O. The number of amides is 7. The van der Waals surface area contributed by atoms with Crippen molar-refractivity contribution in [2.75, 3.05) is 6.54 Å². The molecule has 1 saturated heterocycles. The van der Waals surface area contributed by atoms with E-state index in [9.17, 15) is 63.3 Å². The summed E-state index contributed by atoms with van der Waals surface area (Å²) in [7, 11) is 0. The Labute approximate surface area is 395 Å². The van der Waals surface area contributed by atoms with Gasteiger partial charge in [-0.15, -0.1) is 0 Å². The van der Waals surface area contributed by atoms with Crippen LogP contribution in [-0.2, 0) is 60.8 Å². The molecule has 1 heterocycles. The predicted molar refractivity (Wildman–Crippen MR) is 246 cm³/mol. The molecule has 3 rings (SSSR count). The maximum Gasteiger partial charge on any atom is 0.326 e. The molecule has 0 aromatic heterocycles. The molecule has 7 amide bonds. The zero-order valence-electron chi connectivity index (χ0n) is 39.1. The van der Waals surface area contributed by atoms with Gasteiger partial charge < -0.3 is 57.9 Å². The van der Waals surface area contributed by atoms with Gasteiger partial charge in [0.05, 0.1) is 12.5 Å². The number of carboxylic acids is 3. The van der Waals surface area contributed by atoms with Crippen LogP contribution in [0.1, 0.15) is 90.7 Å². The van der Waals surface area contributed by atoms with Crippen molar-refractivity contribution in [1.82, 2.24) is 36.8 Å². The molecule has 1 aliphatic heterocycles. The smallest absolute Gasteiger partial charge is 0.326 e. The van der Waals surface area contributed by atoms with Crippen molar-refractivity contribution in [3.05, 3.63) is 71.8 Å². The molecule has 1 fully saturated rings. The fourth-order valence-corrected chi connectivity index (χ4v) is 7.61. The summed E-state index contributed by atoms with van der Waals surface area (Å²) in [4.78, 5) is 133. The first-order valence-electron chi connectivity index (χ1n) is 22.7. The molecule has 0 spiro atoms. The van der Waals surface area contributed by atoms with Gasteiger partial charge in [-0.25, -0.2) is 4.79 Å². The third-order valence-electron chi connectivity index (χ3n) is 11.1. The van der Waals surface area contributed by atoms with Crippen LogP contribution >= 0.6 is 0 Å². The molecule has 0 aliphatic carbocycles. The zero-order valence-corrected chi connectivity index (χ0v) is 39.1. The van der Waals surface area contributed by atoms with Gasteiger partial charge in [-0.3, -0.25) is 43.2 Å². The first-order chi connectivity index (χ1) is 32.1. The van der Waals surface area contributed by atoms with Gasteiger partial charge in [0.2, 0.25) is 41.4 Å². The number of nitrogens with one attached hydrogen (secondary N) is 6. The molecular weight excluding hydrogens is 885 g/mol. The third-order valence-corrected chi connectivity index (χ3v) is 11.1. The summed E-state index contributed by atoms with van der Waals surface area (Å²) in [5.41, 5.74) is 7.36. The normalized spacial score (nSPS) is 16.5. The highest BCUT2D eigenvalue weighted by Crippen LogP contribution is 2.21. The zero-order chi connectivity index (χ0) is 50.7. The lowest BCUT2D eigenvalue weighted by Gasteiger charge is -2.30. The van der Waals surface area contributed by atoms with Crippen molar-refractivity contribution in [2.24, 2.45) is 17.6 Å². The summed E-state index contributed by atoms with van der Waals surface area (Å²) in [6.45, 7) is 8.64. The van der Waals surface area contributed by atoms with Crippen molar-refractivity contribution in [1.29, 1.82) is 0 Å². The van der Waals surface area contributed by atoms with Gasteiger partial charge >= 0.3 is 17.9 Å². The number of carboxylic acid groups (broad SMARTS) is 3. The van der Waals surface area contributed by atoms with Crippen LogP contribution in [0.4, 0.5) is 0 Å². The van der Waals surface area contributed by atoms with E-state index in [0.717, 1.165) is 4.90 Å². The van der Waals surface area contributed by atoms with Crippen LogP contribution in [0.15, 0.2) is 60.7 Å². The second-order valence-electron chi connectivity index (χ2n) is 17.8. The standard InChI is InChI=1S/C47H66N8O13/c1-26(2)21-31(48)41(61)52-33(23-29-13-8-6-9-14-29)43(63)49-28(5)40(60)51-34(24-30-15-10-7-11-16-30)44(64)50-32(18-19-38(56)57)42(62)53-35(25-39(58)59)46(66)55-20-12-17-37(55)45(65)54-36(47(67)68)22-27(3)4/h6-11,13-16,26-28,31-37H,12,17-25,48H2,1-5H3,(H,49,63)(H,50,64)(H,51,60)(H,52,61)(H,53,62)(H,54,65)(H,56,57)(H,58,59)(H,67,68). The number of nitrogens with zero attached hydrogens (tertiary/aromatic N) is 1. The number of likely N-dealkylation sites (tertiary alicyclic amines) is 1. The average molecular weight is 951 g/mol. The molecule has 372 valence electrons. The Kier molecular flexibility index (Phi) is 22.0. The van der Waals surface area contributed by atoms with Crippen molar-refractivity contribution >= 4 is 59.3 Å². The van der Waals surface area contributed by atoms with E-state index in [1.54, 1.807) is 74.5 Å². The molecule has 11 N–H and O–H groups in total. The van der Waals surface area contributed by atoms with E-state index in [4.69, 9.17) is 5.73 Å². The number of rotatable bonds is 27. The maximum atomic E-state index is 14.1. The maximum absolute atomic E-state index is 14.1. The number of carbonyl (C=O) groups is 10. The third kappa shape index (κ3) is 18.4.